The van der Waals surface area contributed by atoms with Crippen molar-refractivity contribution < 1.29 is 20.1 Å². The highest BCUT2D eigenvalue weighted by molar-refractivity contribution is 5.93. The number of benzene rings is 1. The summed E-state index contributed by atoms with van der Waals surface area (Å²) in [5, 5.41) is 30.6. The minimum atomic E-state index is -1.15. The molecular formula is C23H34O4. The van der Waals surface area contributed by atoms with Crippen LogP contribution in [0.25, 0.3) is 0 Å². The van der Waals surface area contributed by atoms with Gasteiger partial charge in [-0.1, -0.05) is 42.6 Å². The molecule has 3 N–H and O–H groups in total. The second-order valence-electron chi connectivity index (χ2n) is 7.58. The number of hydrogen-bond donors (Lipinski definition) is 3. The number of rotatable bonds is 10. The monoisotopic (exact) mass is 374 g/mol. The number of hydrogen-bond acceptors (Lipinski definition) is 3. The maximum absolute atomic E-state index is 11.7. The minimum absolute atomic E-state index is 0.0274. The van der Waals surface area contributed by atoms with Gasteiger partial charge in [-0.05, 0) is 65.0 Å². The predicted octanol–water partition coefficient (Wildman–Crippen LogP) is 6.15. The van der Waals surface area contributed by atoms with Crippen LogP contribution < -0.4 is 0 Å². The standard InChI is InChI=1S/C23H34O4/c1-6-7-8-12-18-14-20(24)19(22(25)21(18)23(26)27)13-17(5)16(4)11-9-10-15(2)3/h10,14,24-25H,6-9,11-13H2,1-5H3,(H,26,27)/b17-16-. The summed E-state index contributed by atoms with van der Waals surface area (Å²) in [4.78, 5) is 11.7. The molecule has 0 fully saturated rings. The summed E-state index contributed by atoms with van der Waals surface area (Å²) in [6, 6.07) is 1.51. The van der Waals surface area contributed by atoms with Crippen molar-refractivity contribution in [2.24, 2.45) is 0 Å². The fraction of sp³-hybridized carbons (Fsp3) is 0.522. The molecule has 0 amide bonds. The highest BCUT2D eigenvalue weighted by atomic mass is 16.4. The lowest BCUT2D eigenvalue weighted by Crippen LogP contribution is -2.06. The fourth-order valence-corrected chi connectivity index (χ4v) is 3.13. The number of carboxylic acid groups (broad SMARTS) is 1. The van der Waals surface area contributed by atoms with E-state index in [2.05, 4.69) is 26.8 Å². The van der Waals surface area contributed by atoms with E-state index < -0.39 is 5.97 Å². The molecule has 4 nitrogen and oxygen atoms in total. The van der Waals surface area contributed by atoms with Gasteiger partial charge in [-0.15, -0.1) is 0 Å². The van der Waals surface area contributed by atoms with Crippen LogP contribution in [0.3, 0.4) is 0 Å². The normalized spacial score (nSPS) is 11.9. The lowest BCUT2D eigenvalue weighted by Gasteiger charge is -2.16. The van der Waals surface area contributed by atoms with E-state index in [-0.39, 0.29) is 17.1 Å². The van der Waals surface area contributed by atoms with Gasteiger partial charge < -0.3 is 15.3 Å². The van der Waals surface area contributed by atoms with Crippen LogP contribution in [0.1, 0.15) is 88.2 Å². The minimum Gasteiger partial charge on any atom is -0.508 e. The zero-order valence-electron chi connectivity index (χ0n) is 17.4. The van der Waals surface area contributed by atoms with Crippen LogP contribution in [0.15, 0.2) is 28.9 Å². The Bertz CT molecular complexity index is 722. The number of aromatic carboxylic acids is 1. The van der Waals surface area contributed by atoms with Crippen molar-refractivity contribution in [2.45, 2.75) is 79.6 Å². The van der Waals surface area contributed by atoms with Crippen LogP contribution in [0.4, 0.5) is 0 Å². The van der Waals surface area contributed by atoms with E-state index in [9.17, 15) is 20.1 Å². The van der Waals surface area contributed by atoms with Crippen molar-refractivity contribution >= 4 is 5.97 Å². The number of carboxylic acids is 1. The molecule has 0 radical (unpaired) electrons. The molecule has 0 unspecified atom stereocenters. The highest BCUT2D eigenvalue weighted by Gasteiger charge is 2.22. The summed E-state index contributed by atoms with van der Waals surface area (Å²) < 4.78 is 0. The van der Waals surface area contributed by atoms with Crippen molar-refractivity contribution in [3.63, 3.8) is 0 Å². The van der Waals surface area contributed by atoms with Gasteiger partial charge in [0.2, 0.25) is 0 Å². The third-order valence-electron chi connectivity index (χ3n) is 4.97. The molecular weight excluding hydrogens is 340 g/mol. The van der Waals surface area contributed by atoms with Gasteiger partial charge >= 0.3 is 5.97 Å². The van der Waals surface area contributed by atoms with E-state index in [1.54, 1.807) is 0 Å². The van der Waals surface area contributed by atoms with Gasteiger partial charge in [0.15, 0.2) is 0 Å². The zero-order valence-corrected chi connectivity index (χ0v) is 17.4. The Balaban J connectivity index is 3.15. The second kappa shape index (κ2) is 10.8. The van der Waals surface area contributed by atoms with E-state index in [1.807, 2.05) is 13.8 Å². The molecule has 150 valence electrons. The molecule has 27 heavy (non-hydrogen) atoms. The first kappa shape index (κ1) is 22.8. The first-order chi connectivity index (χ1) is 12.7. The SMILES string of the molecule is CCCCCc1cc(O)c(C/C(C)=C(/C)CCC=C(C)C)c(O)c1C(=O)O. The number of aromatic hydroxyl groups is 2. The summed E-state index contributed by atoms with van der Waals surface area (Å²) in [5.41, 5.74) is 4.23. The van der Waals surface area contributed by atoms with Gasteiger partial charge in [-0.2, -0.15) is 0 Å². The van der Waals surface area contributed by atoms with Gasteiger partial charge in [-0.3, -0.25) is 0 Å². The van der Waals surface area contributed by atoms with Crippen molar-refractivity contribution in [2.75, 3.05) is 0 Å². The molecule has 1 rings (SSSR count). The number of carbonyl (C=O) groups is 1. The average Bonchev–Trinajstić information content (AvgIpc) is 2.57. The fourth-order valence-electron chi connectivity index (χ4n) is 3.13. The molecule has 0 atom stereocenters. The predicted molar refractivity (Wildman–Crippen MR) is 111 cm³/mol. The van der Waals surface area contributed by atoms with Crippen LogP contribution in [0.5, 0.6) is 11.5 Å². The third kappa shape index (κ3) is 6.78. The Hall–Kier alpha value is -2.23. The Kier molecular flexibility index (Phi) is 9.13. The van der Waals surface area contributed by atoms with Gasteiger partial charge in [0.05, 0.1) is 0 Å². The highest BCUT2D eigenvalue weighted by Crippen LogP contribution is 2.36. The Labute approximate surface area is 163 Å². The van der Waals surface area contributed by atoms with Crippen LogP contribution in [-0.4, -0.2) is 21.3 Å². The molecule has 1 aromatic rings. The smallest absolute Gasteiger partial charge is 0.339 e. The van der Waals surface area contributed by atoms with Crippen LogP contribution in [-0.2, 0) is 12.8 Å². The lowest BCUT2D eigenvalue weighted by atomic mass is 9.92. The quantitative estimate of drug-likeness (QED) is 0.339. The van der Waals surface area contributed by atoms with E-state index >= 15 is 0 Å². The maximum Gasteiger partial charge on any atom is 0.339 e. The number of phenolic OH excluding ortho intramolecular Hbond substituents is 1. The first-order valence-corrected chi connectivity index (χ1v) is 9.77. The summed E-state index contributed by atoms with van der Waals surface area (Å²) in [7, 11) is 0. The number of allylic oxidation sites excluding steroid dienone is 4. The Morgan fingerprint density at radius 3 is 2.30 bits per heavy atom. The Morgan fingerprint density at radius 2 is 1.74 bits per heavy atom. The average molecular weight is 375 g/mol. The van der Waals surface area contributed by atoms with Gasteiger partial charge in [0.1, 0.15) is 17.1 Å². The molecule has 0 heterocycles. The van der Waals surface area contributed by atoms with E-state index in [0.717, 1.165) is 37.7 Å². The zero-order chi connectivity index (χ0) is 20.6. The number of aryl methyl sites for hydroxylation is 1. The molecule has 0 saturated carbocycles. The van der Waals surface area contributed by atoms with Crippen LogP contribution in [0.2, 0.25) is 0 Å². The van der Waals surface area contributed by atoms with Gasteiger partial charge in [0, 0.05) is 12.0 Å². The summed E-state index contributed by atoms with van der Waals surface area (Å²) >= 11 is 0. The van der Waals surface area contributed by atoms with E-state index in [4.69, 9.17) is 0 Å². The van der Waals surface area contributed by atoms with Crippen molar-refractivity contribution in [1.82, 2.24) is 0 Å². The van der Waals surface area contributed by atoms with E-state index in [1.165, 1.54) is 17.2 Å². The first-order valence-electron chi connectivity index (χ1n) is 9.77. The van der Waals surface area contributed by atoms with Crippen molar-refractivity contribution in [3.05, 3.63) is 45.6 Å². The largest absolute Gasteiger partial charge is 0.508 e. The molecule has 1 aromatic carbocycles. The summed E-state index contributed by atoms with van der Waals surface area (Å²) in [6.07, 6.45) is 7.74. The third-order valence-corrected chi connectivity index (χ3v) is 4.97. The van der Waals surface area contributed by atoms with E-state index in [0.29, 0.717) is 24.0 Å². The molecule has 0 aliphatic heterocycles. The number of phenols is 2. The topological polar surface area (TPSA) is 77.8 Å². The van der Waals surface area contributed by atoms with Crippen molar-refractivity contribution in [3.8, 4) is 11.5 Å². The van der Waals surface area contributed by atoms with Crippen molar-refractivity contribution in [1.29, 1.82) is 0 Å². The van der Waals surface area contributed by atoms with Gasteiger partial charge in [0.25, 0.3) is 0 Å². The van der Waals surface area contributed by atoms with Crippen LogP contribution in [0, 0.1) is 0 Å². The van der Waals surface area contributed by atoms with Crippen LogP contribution >= 0.6 is 0 Å². The number of unbranched alkanes of at least 4 members (excludes halogenated alkanes) is 2. The maximum atomic E-state index is 11.7. The summed E-state index contributed by atoms with van der Waals surface area (Å²) in [5.74, 6) is -1.48. The molecule has 0 aromatic heterocycles. The lowest BCUT2D eigenvalue weighted by molar-refractivity contribution is 0.0692. The molecule has 0 bridgehead atoms. The molecule has 0 spiro atoms. The molecule has 0 saturated heterocycles. The summed E-state index contributed by atoms with van der Waals surface area (Å²) in [6.45, 7) is 10.2. The molecule has 4 heteroatoms. The Morgan fingerprint density at radius 1 is 1.07 bits per heavy atom. The second-order valence-corrected chi connectivity index (χ2v) is 7.58. The van der Waals surface area contributed by atoms with Gasteiger partial charge in [-0.25, -0.2) is 4.79 Å². The molecule has 0 aliphatic rings. The molecule has 0 aliphatic carbocycles.